The number of aryl methyl sites for hydroxylation is 2. The van der Waals surface area contributed by atoms with Gasteiger partial charge in [0.2, 0.25) is 5.95 Å². The number of hydrogen-bond acceptors (Lipinski definition) is 5. The number of anilines is 3. The third-order valence-corrected chi connectivity index (χ3v) is 4.51. The van der Waals surface area contributed by atoms with Crippen molar-refractivity contribution in [1.29, 1.82) is 0 Å². The number of para-hydroxylation sites is 1. The Kier molecular flexibility index (Phi) is 6.14. The van der Waals surface area contributed by atoms with Gasteiger partial charge in [-0.15, -0.1) is 0 Å². The molecule has 1 heterocycles. The van der Waals surface area contributed by atoms with Gasteiger partial charge in [-0.25, -0.2) is 4.98 Å². The summed E-state index contributed by atoms with van der Waals surface area (Å²) in [5.74, 6) is 2.15. The number of rotatable bonds is 7. The standard InChI is InChI=1S/C21H23ClN4O/c1-14-12-15(2)20(17(22)13-14)25-19-9-11-24-21(26-19)23-10-8-16-6-4-5-7-18(16)27-3/h4-7,9,11-13H,8,10H2,1-3H3,(H2,23,24,25,26). The molecule has 3 rings (SSSR count). The molecule has 2 N–H and O–H groups in total. The highest BCUT2D eigenvalue weighted by atomic mass is 35.5. The molecule has 0 fully saturated rings. The summed E-state index contributed by atoms with van der Waals surface area (Å²) >= 11 is 6.37. The maximum absolute atomic E-state index is 6.37. The van der Waals surface area contributed by atoms with Crippen LogP contribution in [0.2, 0.25) is 5.02 Å². The minimum atomic E-state index is 0.566. The fraction of sp³-hybridized carbons (Fsp3) is 0.238. The number of hydrogen-bond donors (Lipinski definition) is 2. The van der Waals surface area contributed by atoms with E-state index >= 15 is 0 Å². The van der Waals surface area contributed by atoms with E-state index in [0.717, 1.165) is 34.5 Å². The summed E-state index contributed by atoms with van der Waals surface area (Å²) in [6, 6.07) is 13.8. The van der Waals surface area contributed by atoms with Crippen LogP contribution in [0, 0.1) is 13.8 Å². The molecule has 0 aliphatic rings. The van der Waals surface area contributed by atoms with Gasteiger partial charge < -0.3 is 15.4 Å². The van der Waals surface area contributed by atoms with E-state index in [1.165, 1.54) is 0 Å². The molecule has 0 bridgehead atoms. The highest BCUT2D eigenvalue weighted by Gasteiger charge is 2.08. The lowest BCUT2D eigenvalue weighted by Crippen LogP contribution is -2.09. The molecule has 27 heavy (non-hydrogen) atoms. The van der Waals surface area contributed by atoms with E-state index < -0.39 is 0 Å². The van der Waals surface area contributed by atoms with E-state index in [2.05, 4.69) is 32.7 Å². The van der Waals surface area contributed by atoms with Gasteiger partial charge in [-0.05, 0) is 55.2 Å². The molecule has 3 aromatic rings. The van der Waals surface area contributed by atoms with Crippen molar-refractivity contribution in [3.63, 3.8) is 0 Å². The number of nitrogens with one attached hydrogen (secondary N) is 2. The maximum Gasteiger partial charge on any atom is 0.224 e. The summed E-state index contributed by atoms with van der Waals surface area (Å²) in [7, 11) is 1.68. The Labute approximate surface area is 164 Å². The van der Waals surface area contributed by atoms with Gasteiger partial charge in [0.15, 0.2) is 0 Å². The molecule has 0 aliphatic heterocycles. The largest absolute Gasteiger partial charge is 0.496 e. The molecule has 0 radical (unpaired) electrons. The zero-order chi connectivity index (χ0) is 19.2. The lowest BCUT2D eigenvalue weighted by Gasteiger charge is -2.13. The van der Waals surface area contributed by atoms with Crippen LogP contribution in [0.15, 0.2) is 48.7 Å². The number of benzene rings is 2. The first-order chi connectivity index (χ1) is 13.1. The maximum atomic E-state index is 6.37. The van der Waals surface area contributed by atoms with Crippen LogP contribution < -0.4 is 15.4 Å². The van der Waals surface area contributed by atoms with Gasteiger partial charge in [-0.1, -0.05) is 35.9 Å². The third-order valence-electron chi connectivity index (χ3n) is 4.21. The Morgan fingerprint density at radius 1 is 1.11 bits per heavy atom. The summed E-state index contributed by atoms with van der Waals surface area (Å²) in [6.45, 7) is 4.75. The van der Waals surface area contributed by atoms with E-state index in [9.17, 15) is 0 Å². The molecule has 5 nitrogen and oxygen atoms in total. The second-order valence-corrected chi connectivity index (χ2v) is 6.72. The van der Waals surface area contributed by atoms with Crippen LogP contribution in [0.3, 0.4) is 0 Å². The molecule has 0 saturated carbocycles. The molecule has 0 saturated heterocycles. The summed E-state index contributed by atoms with van der Waals surface area (Å²) < 4.78 is 5.38. The van der Waals surface area contributed by atoms with Crippen molar-refractivity contribution in [2.24, 2.45) is 0 Å². The van der Waals surface area contributed by atoms with Gasteiger partial charge in [0.25, 0.3) is 0 Å². The third kappa shape index (κ3) is 4.89. The molecule has 6 heteroatoms. The Hall–Kier alpha value is -2.79. The monoisotopic (exact) mass is 382 g/mol. The van der Waals surface area contributed by atoms with E-state index in [-0.39, 0.29) is 0 Å². The lowest BCUT2D eigenvalue weighted by molar-refractivity contribution is 0.410. The van der Waals surface area contributed by atoms with Gasteiger partial charge in [-0.2, -0.15) is 4.98 Å². The van der Waals surface area contributed by atoms with Crippen molar-refractivity contribution < 1.29 is 4.74 Å². The van der Waals surface area contributed by atoms with Crippen LogP contribution >= 0.6 is 11.6 Å². The molecule has 0 spiro atoms. The molecule has 0 amide bonds. The SMILES string of the molecule is COc1ccccc1CCNc1nccc(Nc2c(C)cc(C)cc2Cl)n1. The Morgan fingerprint density at radius 3 is 2.70 bits per heavy atom. The van der Waals surface area contributed by atoms with E-state index in [1.54, 1.807) is 13.3 Å². The molecule has 140 valence electrons. The fourth-order valence-electron chi connectivity index (χ4n) is 2.93. The lowest BCUT2D eigenvalue weighted by atomic mass is 10.1. The predicted octanol–water partition coefficient (Wildman–Crippen LogP) is 5.15. The average Bonchev–Trinajstić information content (AvgIpc) is 2.65. The van der Waals surface area contributed by atoms with Gasteiger partial charge in [0, 0.05) is 12.7 Å². The Balaban J connectivity index is 1.66. The van der Waals surface area contributed by atoms with Crippen LogP contribution in [0.25, 0.3) is 0 Å². The van der Waals surface area contributed by atoms with Crippen molar-refractivity contribution in [1.82, 2.24) is 9.97 Å². The van der Waals surface area contributed by atoms with Crippen LogP contribution in [0.5, 0.6) is 5.75 Å². The Bertz CT molecular complexity index is 907. The van der Waals surface area contributed by atoms with Crippen molar-refractivity contribution in [3.8, 4) is 5.75 Å². The van der Waals surface area contributed by atoms with Crippen molar-refractivity contribution in [3.05, 3.63) is 70.4 Å². The average molecular weight is 383 g/mol. The summed E-state index contributed by atoms with van der Waals surface area (Å²) in [4.78, 5) is 8.81. The van der Waals surface area contributed by atoms with Crippen LogP contribution in [-0.2, 0) is 6.42 Å². The highest BCUT2D eigenvalue weighted by molar-refractivity contribution is 6.33. The van der Waals surface area contributed by atoms with Crippen LogP contribution in [-0.4, -0.2) is 23.6 Å². The van der Waals surface area contributed by atoms with Gasteiger partial charge >= 0.3 is 0 Å². The molecular formula is C21H23ClN4O. The molecule has 0 atom stereocenters. The van der Waals surface area contributed by atoms with Crippen molar-refractivity contribution in [2.45, 2.75) is 20.3 Å². The highest BCUT2D eigenvalue weighted by Crippen LogP contribution is 2.29. The first-order valence-electron chi connectivity index (χ1n) is 8.79. The second-order valence-electron chi connectivity index (χ2n) is 6.32. The first kappa shape index (κ1) is 19.0. The smallest absolute Gasteiger partial charge is 0.224 e. The molecule has 0 unspecified atom stereocenters. The zero-order valence-electron chi connectivity index (χ0n) is 15.7. The molecule has 0 aliphatic carbocycles. The summed E-state index contributed by atoms with van der Waals surface area (Å²) in [5.41, 5.74) is 4.21. The van der Waals surface area contributed by atoms with Gasteiger partial charge in [-0.3, -0.25) is 0 Å². The van der Waals surface area contributed by atoms with Crippen molar-refractivity contribution in [2.75, 3.05) is 24.3 Å². The normalized spacial score (nSPS) is 10.5. The summed E-state index contributed by atoms with van der Waals surface area (Å²) in [5, 5.41) is 7.23. The first-order valence-corrected chi connectivity index (χ1v) is 9.17. The number of ether oxygens (including phenoxy) is 1. The van der Waals surface area contributed by atoms with Gasteiger partial charge in [0.1, 0.15) is 11.6 Å². The number of aromatic nitrogens is 2. The fourth-order valence-corrected chi connectivity index (χ4v) is 3.30. The van der Waals surface area contributed by atoms with E-state index in [1.807, 2.05) is 44.2 Å². The van der Waals surface area contributed by atoms with E-state index in [4.69, 9.17) is 16.3 Å². The van der Waals surface area contributed by atoms with E-state index in [0.29, 0.717) is 23.3 Å². The number of methoxy groups -OCH3 is 1. The topological polar surface area (TPSA) is 59.1 Å². The van der Waals surface area contributed by atoms with Crippen molar-refractivity contribution >= 4 is 29.1 Å². The molecule has 2 aromatic carbocycles. The van der Waals surface area contributed by atoms with Crippen LogP contribution in [0.1, 0.15) is 16.7 Å². The second kappa shape index (κ2) is 8.73. The zero-order valence-corrected chi connectivity index (χ0v) is 16.5. The number of nitrogens with zero attached hydrogens (tertiary/aromatic N) is 2. The molecular weight excluding hydrogens is 360 g/mol. The quantitative estimate of drug-likeness (QED) is 0.591. The predicted molar refractivity (Wildman–Crippen MR) is 111 cm³/mol. The molecule has 1 aromatic heterocycles. The summed E-state index contributed by atoms with van der Waals surface area (Å²) in [6.07, 6.45) is 2.53. The minimum absolute atomic E-state index is 0.566. The minimum Gasteiger partial charge on any atom is -0.496 e. The number of halogens is 1. The van der Waals surface area contributed by atoms with Gasteiger partial charge in [0.05, 0.1) is 17.8 Å². The Morgan fingerprint density at radius 2 is 1.93 bits per heavy atom. The van der Waals surface area contributed by atoms with Crippen LogP contribution in [0.4, 0.5) is 17.5 Å².